The fourth-order valence-corrected chi connectivity index (χ4v) is 4.11. The molecule has 0 saturated heterocycles. The third-order valence-electron chi connectivity index (χ3n) is 5.69. The predicted octanol–water partition coefficient (Wildman–Crippen LogP) is 2.95. The summed E-state index contributed by atoms with van der Waals surface area (Å²) in [4.78, 5) is 14.3. The SMILES string of the molecule is CC1=C(C#N)C(c2ccc(C#N)cc2[C@H](O)CO)n2c(n[nH]c2=O)N1c1cccc(C(F)F)c1. The van der Waals surface area contributed by atoms with Crippen LogP contribution in [0.5, 0.6) is 0 Å². The van der Waals surface area contributed by atoms with Gasteiger partial charge < -0.3 is 10.2 Å². The Hall–Kier alpha value is -4.32. The van der Waals surface area contributed by atoms with Gasteiger partial charge in [-0.05, 0) is 42.3 Å². The largest absolute Gasteiger partial charge is 0.393 e. The Labute approximate surface area is 192 Å². The van der Waals surface area contributed by atoms with Gasteiger partial charge >= 0.3 is 5.69 Å². The molecule has 2 atom stereocenters. The van der Waals surface area contributed by atoms with Gasteiger partial charge in [-0.15, -0.1) is 5.10 Å². The lowest BCUT2D eigenvalue weighted by atomic mass is 9.89. The van der Waals surface area contributed by atoms with Gasteiger partial charge in [-0.1, -0.05) is 18.2 Å². The zero-order valence-corrected chi connectivity index (χ0v) is 17.8. The van der Waals surface area contributed by atoms with E-state index in [2.05, 4.69) is 16.3 Å². The van der Waals surface area contributed by atoms with Gasteiger partial charge in [0.25, 0.3) is 6.43 Å². The lowest BCUT2D eigenvalue weighted by molar-refractivity contribution is 0.0946. The van der Waals surface area contributed by atoms with Crippen molar-refractivity contribution < 1.29 is 19.0 Å². The zero-order chi connectivity index (χ0) is 24.6. The number of aromatic amines is 1. The van der Waals surface area contributed by atoms with Crippen LogP contribution in [-0.4, -0.2) is 31.6 Å². The number of alkyl halides is 2. The summed E-state index contributed by atoms with van der Waals surface area (Å²) in [6, 6.07) is 12.8. The van der Waals surface area contributed by atoms with E-state index in [1.165, 1.54) is 45.9 Å². The Balaban J connectivity index is 2.00. The third kappa shape index (κ3) is 3.63. The molecule has 0 spiro atoms. The number of nitrogens with one attached hydrogen (secondary N) is 1. The van der Waals surface area contributed by atoms with Gasteiger partial charge in [0.1, 0.15) is 12.1 Å². The number of hydrogen-bond acceptors (Lipinski definition) is 7. The van der Waals surface area contributed by atoms with Crippen molar-refractivity contribution in [1.82, 2.24) is 14.8 Å². The highest BCUT2D eigenvalue weighted by atomic mass is 19.3. The molecular weight excluding hydrogens is 446 g/mol. The number of fused-ring (bicyclic) bond motifs is 1. The summed E-state index contributed by atoms with van der Waals surface area (Å²) < 4.78 is 27.8. The number of anilines is 2. The van der Waals surface area contributed by atoms with E-state index < -0.39 is 30.9 Å². The molecule has 1 aliphatic rings. The second kappa shape index (κ2) is 8.90. The molecule has 0 fully saturated rings. The van der Waals surface area contributed by atoms with Crippen molar-refractivity contribution in [2.75, 3.05) is 11.5 Å². The molecule has 4 rings (SSSR count). The Bertz CT molecular complexity index is 1430. The fourth-order valence-electron chi connectivity index (χ4n) is 4.11. The van der Waals surface area contributed by atoms with E-state index in [0.717, 1.165) is 0 Å². The summed E-state index contributed by atoms with van der Waals surface area (Å²) in [5.74, 6) is 0.0479. The summed E-state index contributed by atoms with van der Waals surface area (Å²) in [6.45, 7) is 0.938. The summed E-state index contributed by atoms with van der Waals surface area (Å²) in [7, 11) is 0. The Morgan fingerprint density at radius 2 is 1.97 bits per heavy atom. The van der Waals surface area contributed by atoms with Crippen molar-refractivity contribution in [1.29, 1.82) is 10.5 Å². The molecule has 9 nitrogen and oxygen atoms in total. The minimum Gasteiger partial charge on any atom is -0.393 e. The van der Waals surface area contributed by atoms with Crippen LogP contribution in [0.4, 0.5) is 20.4 Å². The molecule has 2 aromatic carbocycles. The minimum absolute atomic E-state index is 0.0479. The van der Waals surface area contributed by atoms with Gasteiger partial charge in [0.15, 0.2) is 0 Å². The van der Waals surface area contributed by atoms with Crippen LogP contribution in [0.2, 0.25) is 0 Å². The number of aliphatic hydroxyl groups is 2. The molecule has 2 heterocycles. The van der Waals surface area contributed by atoms with Gasteiger partial charge in [-0.2, -0.15) is 10.5 Å². The molecule has 172 valence electrons. The standard InChI is InChI=1S/C23H18F2N6O3/c1-12-18(10-27)20(16-6-5-13(9-26)7-17(16)19(33)11-32)31-22(28-29-23(31)34)30(12)15-4-2-3-14(8-15)21(24)25/h2-8,19-21,32-33H,11H2,1H3,(H,29,34)/t19-,20?/m1/s1. The smallest absolute Gasteiger partial charge is 0.345 e. The number of nitrogens with zero attached hydrogens (tertiary/aromatic N) is 5. The van der Waals surface area contributed by atoms with E-state index in [1.54, 1.807) is 13.0 Å². The van der Waals surface area contributed by atoms with Crippen LogP contribution < -0.4 is 10.6 Å². The lowest BCUT2D eigenvalue weighted by Gasteiger charge is -2.35. The van der Waals surface area contributed by atoms with Gasteiger partial charge in [-0.3, -0.25) is 4.90 Å². The van der Waals surface area contributed by atoms with Crippen molar-refractivity contribution >= 4 is 11.6 Å². The molecule has 0 amide bonds. The Morgan fingerprint density at radius 3 is 2.62 bits per heavy atom. The number of allylic oxidation sites excluding steroid dienone is 2. The lowest BCUT2D eigenvalue weighted by Crippen LogP contribution is -2.35. The maximum Gasteiger partial charge on any atom is 0.345 e. The predicted molar refractivity (Wildman–Crippen MR) is 116 cm³/mol. The van der Waals surface area contributed by atoms with Crippen LogP contribution in [0.3, 0.4) is 0 Å². The van der Waals surface area contributed by atoms with Gasteiger partial charge in [-0.25, -0.2) is 23.2 Å². The fraction of sp³-hybridized carbons (Fsp3) is 0.217. The van der Waals surface area contributed by atoms with E-state index >= 15 is 0 Å². The quantitative estimate of drug-likeness (QED) is 0.527. The minimum atomic E-state index is -2.72. The van der Waals surface area contributed by atoms with Crippen LogP contribution in [-0.2, 0) is 0 Å². The van der Waals surface area contributed by atoms with Crippen molar-refractivity contribution in [2.45, 2.75) is 25.5 Å². The number of nitriles is 2. The first-order valence-corrected chi connectivity index (χ1v) is 10.1. The van der Waals surface area contributed by atoms with Crippen molar-refractivity contribution in [2.24, 2.45) is 0 Å². The molecule has 0 saturated carbocycles. The molecule has 0 bridgehead atoms. The zero-order valence-electron chi connectivity index (χ0n) is 17.8. The van der Waals surface area contributed by atoms with Gasteiger partial charge in [0, 0.05) is 16.9 Å². The average Bonchev–Trinajstić information content (AvgIpc) is 3.23. The number of rotatable bonds is 5. The molecular formula is C23H18F2N6O3. The van der Waals surface area contributed by atoms with Crippen molar-refractivity contribution in [3.63, 3.8) is 0 Å². The van der Waals surface area contributed by atoms with Crippen LogP contribution in [0.25, 0.3) is 0 Å². The summed E-state index contributed by atoms with van der Waals surface area (Å²) >= 11 is 0. The second-order valence-corrected chi connectivity index (χ2v) is 7.60. The Morgan fingerprint density at radius 1 is 1.21 bits per heavy atom. The summed E-state index contributed by atoms with van der Waals surface area (Å²) in [5.41, 5.74) is 0.471. The van der Waals surface area contributed by atoms with Crippen molar-refractivity contribution in [3.05, 3.63) is 86.5 Å². The first kappa shape index (κ1) is 22.9. The monoisotopic (exact) mass is 464 g/mol. The molecule has 3 N–H and O–H groups in total. The van der Waals surface area contributed by atoms with Gasteiger partial charge in [0.2, 0.25) is 5.95 Å². The topological polar surface area (TPSA) is 142 Å². The summed E-state index contributed by atoms with van der Waals surface area (Å²) in [6.07, 6.45) is -4.10. The molecule has 1 aliphatic heterocycles. The van der Waals surface area contributed by atoms with E-state index in [-0.39, 0.29) is 33.9 Å². The van der Waals surface area contributed by atoms with E-state index in [9.17, 15) is 34.3 Å². The molecule has 11 heteroatoms. The maximum absolute atomic E-state index is 13.3. The molecule has 34 heavy (non-hydrogen) atoms. The van der Waals surface area contributed by atoms with Crippen molar-refractivity contribution in [3.8, 4) is 12.1 Å². The van der Waals surface area contributed by atoms with E-state index in [1.807, 2.05) is 6.07 Å². The highest BCUT2D eigenvalue weighted by Crippen LogP contribution is 2.43. The normalized spacial score (nSPS) is 16.2. The third-order valence-corrected chi connectivity index (χ3v) is 5.69. The summed E-state index contributed by atoms with van der Waals surface area (Å²) in [5, 5.41) is 45.7. The van der Waals surface area contributed by atoms with Crippen LogP contribution in [0.15, 0.2) is 58.5 Å². The highest BCUT2D eigenvalue weighted by Gasteiger charge is 2.37. The molecule has 0 aliphatic carbocycles. The number of H-pyrrole nitrogens is 1. The molecule has 0 radical (unpaired) electrons. The molecule has 1 aromatic heterocycles. The number of hydrogen-bond donors (Lipinski definition) is 3. The first-order valence-electron chi connectivity index (χ1n) is 10.1. The molecule has 3 aromatic rings. The first-order chi connectivity index (χ1) is 16.3. The Kier molecular flexibility index (Phi) is 5.99. The number of aliphatic hydroxyl groups excluding tert-OH is 2. The van der Waals surface area contributed by atoms with E-state index in [4.69, 9.17) is 0 Å². The van der Waals surface area contributed by atoms with Crippen LogP contribution in [0, 0.1) is 22.7 Å². The maximum atomic E-state index is 13.3. The second-order valence-electron chi connectivity index (χ2n) is 7.60. The highest BCUT2D eigenvalue weighted by molar-refractivity contribution is 5.69. The number of halogens is 2. The van der Waals surface area contributed by atoms with Gasteiger partial charge in [0.05, 0.1) is 29.9 Å². The number of benzene rings is 2. The average molecular weight is 464 g/mol. The van der Waals surface area contributed by atoms with Crippen LogP contribution in [0.1, 0.15) is 47.7 Å². The van der Waals surface area contributed by atoms with Crippen LogP contribution >= 0.6 is 0 Å². The number of aromatic nitrogens is 3. The molecule has 1 unspecified atom stereocenters. The van der Waals surface area contributed by atoms with E-state index in [0.29, 0.717) is 11.3 Å².